The number of hydrogen-bond acceptors (Lipinski definition) is 3. The molecule has 0 atom stereocenters. The molecule has 3 aromatic carbocycles. The summed E-state index contributed by atoms with van der Waals surface area (Å²) in [6.07, 6.45) is 2.30. The topological polar surface area (TPSA) is 75.6 Å². The van der Waals surface area contributed by atoms with Crippen LogP contribution in [0.25, 0.3) is 10.9 Å². The molecule has 1 aromatic heterocycles. The van der Waals surface area contributed by atoms with Gasteiger partial charge in [0.15, 0.2) is 0 Å². The second-order valence-electron chi connectivity index (χ2n) is 8.43. The number of aromatic nitrogens is 1. The minimum absolute atomic E-state index is 0.250. The van der Waals surface area contributed by atoms with E-state index in [1.807, 2.05) is 90.6 Å². The number of ether oxygens (including phenoxy) is 1. The van der Waals surface area contributed by atoms with Crippen LogP contribution in [0.3, 0.4) is 0 Å². The van der Waals surface area contributed by atoms with Crippen molar-refractivity contribution in [2.45, 2.75) is 19.6 Å². The molecule has 3 amide bonds. The van der Waals surface area contributed by atoms with Crippen LogP contribution in [0.2, 0.25) is 0 Å². The summed E-state index contributed by atoms with van der Waals surface area (Å²) in [5, 5.41) is 6.95. The molecule has 0 radical (unpaired) electrons. The van der Waals surface area contributed by atoms with Crippen LogP contribution in [0.15, 0.2) is 79.0 Å². The maximum Gasteiger partial charge on any atom is 0.410 e. The number of aryl methyl sites for hydroxylation is 1. The van der Waals surface area contributed by atoms with Crippen molar-refractivity contribution in [2.75, 3.05) is 17.2 Å². The summed E-state index contributed by atoms with van der Waals surface area (Å²) in [6, 6.07) is 23.0. The summed E-state index contributed by atoms with van der Waals surface area (Å²) in [4.78, 5) is 27.0. The predicted molar refractivity (Wildman–Crippen MR) is 133 cm³/mol. The predicted octanol–water partition coefficient (Wildman–Crippen LogP) is 5.52. The van der Waals surface area contributed by atoms with E-state index >= 15 is 0 Å². The van der Waals surface area contributed by atoms with Crippen LogP contribution >= 0.6 is 0 Å². The van der Waals surface area contributed by atoms with Gasteiger partial charge in [0.05, 0.1) is 0 Å². The lowest BCUT2D eigenvalue weighted by Crippen LogP contribution is -2.36. The number of amides is 3. The summed E-state index contributed by atoms with van der Waals surface area (Å²) in [5.41, 5.74) is 5.60. The highest BCUT2D eigenvalue weighted by atomic mass is 16.6. The number of carbonyl (C=O) groups excluding carboxylic acids is 2. The molecule has 0 saturated carbocycles. The molecule has 1 aliphatic heterocycles. The number of hydrogen-bond donors (Lipinski definition) is 2. The minimum Gasteiger partial charge on any atom is -0.445 e. The van der Waals surface area contributed by atoms with E-state index in [0.29, 0.717) is 19.5 Å². The minimum atomic E-state index is -0.332. The molecule has 0 aliphatic carbocycles. The van der Waals surface area contributed by atoms with E-state index in [1.165, 1.54) is 0 Å². The average Bonchev–Trinajstić information content (AvgIpc) is 3.23. The van der Waals surface area contributed by atoms with Gasteiger partial charge in [-0.15, -0.1) is 0 Å². The number of rotatable bonds is 4. The fourth-order valence-electron chi connectivity index (χ4n) is 4.34. The zero-order valence-electron chi connectivity index (χ0n) is 19.0. The molecule has 2 N–H and O–H groups in total. The summed E-state index contributed by atoms with van der Waals surface area (Å²) < 4.78 is 7.52. The third-order valence-electron chi connectivity index (χ3n) is 6.12. The summed E-state index contributed by atoms with van der Waals surface area (Å²) in [7, 11) is 1.99. The van der Waals surface area contributed by atoms with Gasteiger partial charge in [-0.3, -0.25) is 0 Å². The molecule has 172 valence electrons. The van der Waals surface area contributed by atoms with Crippen molar-refractivity contribution in [3.63, 3.8) is 0 Å². The molecule has 0 fully saturated rings. The molecular formula is C27H26N4O3. The Kier molecular flexibility index (Phi) is 5.91. The Morgan fingerprint density at radius 2 is 1.82 bits per heavy atom. The van der Waals surface area contributed by atoms with Crippen molar-refractivity contribution in [2.24, 2.45) is 7.05 Å². The van der Waals surface area contributed by atoms with Gasteiger partial charge >= 0.3 is 12.1 Å². The van der Waals surface area contributed by atoms with Gasteiger partial charge < -0.3 is 24.8 Å². The monoisotopic (exact) mass is 454 g/mol. The molecule has 5 rings (SSSR count). The van der Waals surface area contributed by atoms with Gasteiger partial charge in [0, 0.05) is 48.6 Å². The standard InChI is InChI=1S/C27H26N4O3/c1-30-14-12-20-16-22(10-11-25(20)30)28-26(32)29-24-9-5-8-21-17-31(15-13-23(21)24)27(33)34-18-19-6-3-2-4-7-19/h2-12,14,16H,13,15,17-18H2,1H3,(H2,28,29,32). The van der Waals surface area contributed by atoms with Crippen molar-refractivity contribution < 1.29 is 14.3 Å². The lowest BCUT2D eigenvalue weighted by molar-refractivity contribution is 0.0919. The van der Waals surface area contributed by atoms with Crippen molar-refractivity contribution in [1.29, 1.82) is 0 Å². The molecule has 2 heterocycles. The van der Waals surface area contributed by atoms with Gasteiger partial charge in [0.25, 0.3) is 0 Å². The van der Waals surface area contributed by atoms with E-state index in [0.717, 1.165) is 39.0 Å². The Hall–Kier alpha value is -4.26. The third kappa shape index (κ3) is 4.59. The average molecular weight is 455 g/mol. The van der Waals surface area contributed by atoms with E-state index in [2.05, 4.69) is 10.6 Å². The normalized spacial score (nSPS) is 12.8. The molecule has 0 saturated heterocycles. The maximum atomic E-state index is 12.7. The van der Waals surface area contributed by atoms with E-state index in [1.54, 1.807) is 4.90 Å². The first-order chi connectivity index (χ1) is 16.6. The van der Waals surface area contributed by atoms with Gasteiger partial charge in [0.1, 0.15) is 6.61 Å². The maximum absolute atomic E-state index is 12.7. The molecular weight excluding hydrogens is 428 g/mol. The van der Waals surface area contributed by atoms with Crippen LogP contribution in [-0.2, 0) is 31.4 Å². The number of carbonyl (C=O) groups is 2. The van der Waals surface area contributed by atoms with Gasteiger partial charge in [-0.25, -0.2) is 9.59 Å². The number of nitrogens with zero attached hydrogens (tertiary/aromatic N) is 2. The summed E-state index contributed by atoms with van der Waals surface area (Å²) in [5.74, 6) is 0. The van der Waals surface area contributed by atoms with Crippen LogP contribution < -0.4 is 10.6 Å². The Morgan fingerprint density at radius 3 is 2.68 bits per heavy atom. The Labute approximate surface area is 197 Å². The van der Waals surface area contributed by atoms with Gasteiger partial charge in [-0.05, 0) is 53.4 Å². The fraction of sp³-hybridized carbons (Fsp3) is 0.185. The number of anilines is 2. The number of urea groups is 1. The van der Waals surface area contributed by atoms with E-state index in [-0.39, 0.29) is 18.7 Å². The highest BCUT2D eigenvalue weighted by molar-refractivity contribution is 6.01. The van der Waals surface area contributed by atoms with Crippen molar-refractivity contribution in [3.8, 4) is 0 Å². The Morgan fingerprint density at radius 1 is 0.971 bits per heavy atom. The van der Waals surface area contributed by atoms with E-state index in [9.17, 15) is 9.59 Å². The van der Waals surface area contributed by atoms with Gasteiger partial charge in [-0.1, -0.05) is 42.5 Å². The number of nitrogens with one attached hydrogen (secondary N) is 2. The SMILES string of the molecule is Cn1ccc2cc(NC(=O)Nc3cccc4c3CCN(C(=O)OCc3ccccc3)C4)ccc21. The van der Waals surface area contributed by atoms with Crippen LogP contribution in [0, 0.1) is 0 Å². The molecule has 4 aromatic rings. The highest BCUT2D eigenvalue weighted by Crippen LogP contribution is 2.27. The molecule has 0 spiro atoms. The second-order valence-corrected chi connectivity index (χ2v) is 8.43. The molecule has 0 unspecified atom stereocenters. The lowest BCUT2D eigenvalue weighted by atomic mass is 9.98. The van der Waals surface area contributed by atoms with Crippen LogP contribution in [0.5, 0.6) is 0 Å². The smallest absolute Gasteiger partial charge is 0.410 e. The Bertz CT molecular complexity index is 1350. The first kappa shape index (κ1) is 21.6. The largest absolute Gasteiger partial charge is 0.445 e. The quantitative estimate of drug-likeness (QED) is 0.427. The zero-order chi connectivity index (χ0) is 23.5. The zero-order valence-corrected chi connectivity index (χ0v) is 19.0. The molecule has 0 bridgehead atoms. The Balaban J connectivity index is 1.22. The van der Waals surface area contributed by atoms with Crippen LogP contribution in [0.1, 0.15) is 16.7 Å². The fourth-order valence-corrected chi connectivity index (χ4v) is 4.34. The first-order valence-corrected chi connectivity index (χ1v) is 11.3. The van der Waals surface area contributed by atoms with Crippen LogP contribution in [-0.4, -0.2) is 28.1 Å². The second kappa shape index (κ2) is 9.31. The van der Waals surface area contributed by atoms with E-state index in [4.69, 9.17) is 4.74 Å². The molecule has 1 aliphatic rings. The molecule has 7 heteroatoms. The van der Waals surface area contributed by atoms with E-state index < -0.39 is 0 Å². The molecule has 34 heavy (non-hydrogen) atoms. The van der Waals surface area contributed by atoms with Crippen LogP contribution in [0.4, 0.5) is 21.0 Å². The van der Waals surface area contributed by atoms with Gasteiger partial charge in [-0.2, -0.15) is 0 Å². The van der Waals surface area contributed by atoms with Crippen molar-refractivity contribution in [3.05, 3.63) is 95.7 Å². The first-order valence-electron chi connectivity index (χ1n) is 11.3. The lowest BCUT2D eigenvalue weighted by Gasteiger charge is -2.29. The third-order valence-corrected chi connectivity index (χ3v) is 6.12. The summed E-state index contributed by atoms with van der Waals surface area (Å²) >= 11 is 0. The summed E-state index contributed by atoms with van der Waals surface area (Å²) in [6.45, 7) is 1.23. The highest BCUT2D eigenvalue weighted by Gasteiger charge is 2.24. The van der Waals surface area contributed by atoms with Gasteiger partial charge in [0.2, 0.25) is 0 Å². The van der Waals surface area contributed by atoms with Crippen molar-refractivity contribution in [1.82, 2.24) is 9.47 Å². The molecule has 7 nitrogen and oxygen atoms in total. The number of benzene rings is 3. The number of fused-ring (bicyclic) bond motifs is 2. The van der Waals surface area contributed by atoms with Crippen molar-refractivity contribution >= 4 is 34.4 Å².